The van der Waals surface area contributed by atoms with Crippen LogP contribution in [-0.2, 0) is 19.1 Å². The molecule has 0 heterocycles. The molecule has 6 heteroatoms. The molecule has 0 aromatic carbocycles. The summed E-state index contributed by atoms with van der Waals surface area (Å²) < 4.78 is 9.66. The van der Waals surface area contributed by atoms with E-state index in [0.29, 0.717) is 29.9 Å². The van der Waals surface area contributed by atoms with Crippen LogP contribution in [0.3, 0.4) is 0 Å². The van der Waals surface area contributed by atoms with Crippen molar-refractivity contribution in [1.29, 1.82) is 0 Å². The van der Waals surface area contributed by atoms with E-state index in [1.54, 1.807) is 0 Å². The minimum Gasteiger partial charge on any atom is -0.435 e. The zero-order valence-electron chi connectivity index (χ0n) is 19.6. The molecular weight excluding hydrogens is 408 g/mol. The summed E-state index contributed by atoms with van der Waals surface area (Å²) in [5, 5.41) is 18.1. The second kappa shape index (κ2) is 13.8. The van der Waals surface area contributed by atoms with Crippen molar-refractivity contribution in [2.75, 3.05) is 13.6 Å². The van der Waals surface area contributed by atoms with E-state index in [2.05, 4.69) is 13.2 Å². The number of aliphatic hydroxyl groups excluding tert-OH is 2. The Bertz CT molecular complexity index is 634. The van der Waals surface area contributed by atoms with Gasteiger partial charge in [-0.1, -0.05) is 70.9 Å². The molecule has 2 aliphatic rings. The molecule has 0 radical (unpaired) electrons. The topological polar surface area (TPSA) is 93.1 Å². The summed E-state index contributed by atoms with van der Waals surface area (Å²) >= 11 is 0. The Kier molecular flexibility index (Phi) is 11.5. The summed E-state index contributed by atoms with van der Waals surface area (Å²) in [6, 6.07) is 0. The first kappa shape index (κ1) is 26.6. The average Bonchev–Trinajstić information content (AvgIpc) is 2.73. The van der Waals surface area contributed by atoms with E-state index in [4.69, 9.17) is 19.7 Å². The van der Waals surface area contributed by atoms with Crippen LogP contribution in [0.5, 0.6) is 0 Å². The van der Waals surface area contributed by atoms with Crippen molar-refractivity contribution in [2.45, 2.75) is 96.3 Å². The normalized spacial score (nSPS) is 25.5. The van der Waals surface area contributed by atoms with Crippen molar-refractivity contribution < 1.29 is 29.3 Å². The Morgan fingerprint density at radius 2 is 1.25 bits per heavy atom. The van der Waals surface area contributed by atoms with E-state index >= 15 is 0 Å². The molecule has 6 nitrogen and oxygen atoms in total. The van der Waals surface area contributed by atoms with Gasteiger partial charge in [-0.3, -0.25) is 0 Å². The van der Waals surface area contributed by atoms with Gasteiger partial charge < -0.3 is 19.7 Å². The molecule has 32 heavy (non-hydrogen) atoms. The molecule has 2 saturated carbocycles. The van der Waals surface area contributed by atoms with Crippen LogP contribution < -0.4 is 0 Å². The quantitative estimate of drug-likeness (QED) is 0.285. The SMILES string of the molecule is C=C(CC1CCCCCCC1(CC(=C)C(=O)OCO)C1CCCCCCC1)C(=O)OCO. The minimum atomic E-state index is -0.653. The maximum absolute atomic E-state index is 12.4. The van der Waals surface area contributed by atoms with E-state index in [1.165, 1.54) is 38.5 Å². The van der Waals surface area contributed by atoms with Gasteiger partial charge >= 0.3 is 11.9 Å². The van der Waals surface area contributed by atoms with Crippen molar-refractivity contribution in [2.24, 2.45) is 17.3 Å². The lowest BCUT2D eigenvalue weighted by Crippen LogP contribution is -2.41. The number of hydrogen-bond acceptors (Lipinski definition) is 6. The van der Waals surface area contributed by atoms with E-state index in [1.807, 2.05) is 0 Å². The van der Waals surface area contributed by atoms with E-state index in [0.717, 1.165) is 44.9 Å². The highest BCUT2D eigenvalue weighted by molar-refractivity contribution is 5.88. The zero-order valence-corrected chi connectivity index (χ0v) is 19.6. The lowest BCUT2D eigenvalue weighted by atomic mass is 9.55. The van der Waals surface area contributed by atoms with Gasteiger partial charge in [-0.15, -0.1) is 0 Å². The molecule has 2 unspecified atom stereocenters. The molecule has 2 N–H and O–H groups in total. The molecule has 2 rings (SSSR count). The fraction of sp³-hybridized carbons (Fsp3) is 0.769. The number of aliphatic hydroxyl groups is 2. The summed E-state index contributed by atoms with van der Waals surface area (Å²) in [4.78, 5) is 24.7. The van der Waals surface area contributed by atoms with Crippen LogP contribution in [-0.4, -0.2) is 35.7 Å². The van der Waals surface area contributed by atoms with Gasteiger partial charge in [0.15, 0.2) is 13.6 Å². The predicted molar refractivity (Wildman–Crippen MR) is 123 cm³/mol. The van der Waals surface area contributed by atoms with Gasteiger partial charge in [0.05, 0.1) is 0 Å². The highest BCUT2D eigenvalue weighted by atomic mass is 16.6. The Balaban J connectivity index is 2.41. The monoisotopic (exact) mass is 450 g/mol. The van der Waals surface area contributed by atoms with E-state index in [-0.39, 0.29) is 11.3 Å². The summed E-state index contributed by atoms with van der Waals surface area (Å²) in [5.74, 6) is -0.493. The average molecular weight is 451 g/mol. The molecule has 0 amide bonds. The van der Waals surface area contributed by atoms with Gasteiger partial charge in [-0.2, -0.15) is 0 Å². The van der Waals surface area contributed by atoms with Crippen LogP contribution in [0.2, 0.25) is 0 Å². The van der Waals surface area contributed by atoms with Gasteiger partial charge in [0, 0.05) is 11.1 Å². The summed E-state index contributed by atoms with van der Waals surface area (Å²) in [6.45, 7) is 6.72. The third kappa shape index (κ3) is 7.45. The van der Waals surface area contributed by atoms with Gasteiger partial charge in [0.2, 0.25) is 0 Å². The first-order valence-electron chi connectivity index (χ1n) is 12.4. The Labute approximate surface area is 193 Å². The smallest absolute Gasteiger partial charge is 0.335 e. The molecule has 0 bridgehead atoms. The first-order chi connectivity index (χ1) is 15.4. The molecule has 0 spiro atoms. The summed E-state index contributed by atoms with van der Waals surface area (Å²) in [7, 11) is 0. The molecule has 0 aromatic heterocycles. The Morgan fingerprint density at radius 1 is 0.750 bits per heavy atom. The maximum Gasteiger partial charge on any atom is 0.335 e. The van der Waals surface area contributed by atoms with Crippen LogP contribution in [0.15, 0.2) is 24.3 Å². The molecule has 2 fully saturated rings. The number of esters is 2. The van der Waals surface area contributed by atoms with Crippen molar-refractivity contribution in [1.82, 2.24) is 0 Å². The van der Waals surface area contributed by atoms with Crippen LogP contribution >= 0.6 is 0 Å². The second-order valence-electron chi connectivity index (χ2n) is 9.63. The van der Waals surface area contributed by atoms with Crippen LogP contribution in [0.1, 0.15) is 96.3 Å². The van der Waals surface area contributed by atoms with Gasteiger partial charge in [0.25, 0.3) is 0 Å². The molecule has 0 aliphatic heterocycles. The molecule has 182 valence electrons. The van der Waals surface area contributed by atoms with Gasteiger partial charge in [-0.25, -0.2) is 9.59 Å². The highest BCUT2D eigenvalue weighted by Gasteiger charge is 2.46. The maximum atomic E-state index is 12.4. The van der Waals surface area contributed by atoms with Crippen LogP contribution in [0.4, 0.5) is 0 Å². The highest BCUT2D eigenvalue weighted by Crippen LogP contribution is 2.54. The first-order valence-corrected chi connectivity index (χ1v) is 12.4. The van der Waals surface area contributed by atoms with E-state index < -0.39 is 25.5 Å². The third-order valence-corrected chi connectivity index (χ3v) is 7.68. The number of rotatable bonds is 9. The standard InChI is InChI=1S/C26H42O6/c1-20(24(29)31-18-27)16-23-14-10-6-7-11-15-26(23,17-21(2)25(30)32-19-28)22-12-8-4-3-5-9-13-22/h22-23,27-28H,1-19H2. The lowest BCUT2D eigenvalue weighted by Gasteiger charge is -2.49. The Hall–Kier alpha value is -1.66. The number of hydrogen-bond donors (Lipinski definition) is 2. The van der Waals surface area contributed by atoms with Crippen molar-refractivity contribution in [3.63, 3.8) is 0 Å². The molecule has 0 saturated heterocycles. The number of carbonyl (C=O) groups excluding carboxylic acids is 2. The summed E-state index contributed by atoms with van der Waals surface area (Å²) in [5.41, 5.74) is 0.602. The second-order valence-corrected chi connectivity index (χ2v) is 9.63. The predicted octanol–water partition coefficient (Wildman–Crippen LogP) is 5.18. The molecule has 2 atom stereocenters. The van der Waals surface area contributed by atoms with Gasteiger partial charge in [0.1, 0.15) is 0 Å². The minimum absolute atomic E-state index is 0.171. The molecule has 2 aliphatic carbocycles. The van der Waals surface area contributed by atoms with Gasteiger partial charge in [-0.05, 0) is 55.8 Å². The summed E-state index contributed by atoms with van der Waals surface area (Å²) in [6.07, 6.45) is 15.8. The lowest BCUT2D eigenvalue weighted by molar-refractivity contribution is -0.149. The van der Waals surface area contributed by atoms with Crippen molar-refractivity contribution in [3.05, 3.63) is 24.3 Å². The number of carbonyl (C=O) groups is 2. The van der Waals surface area contributed by atoms with E-state index in [9.17, 15) is 9.59 Å². The Morgan fingerprint density at radius 3 is 1.84 bits per heavy atom. The van der Waals surface area contributed by atoms with Crippen molar-refractivity contribution >= 4 is 11.9 Å². The fourth-order valence-corrected chi connectivity index (χ4v) is 6.11. The molecular formula is C26H42O6. The third-order valence-electron chi connectivity index (χ3n) is 7.68. The van der Waals surface area contributed by atoms with Crippen molar-refractivity contribution in [3.8, 4) is 0 Å². The zero-order chi connectivity index (χ0) is 23.4. The number of ether oxygens (including phenoxy) is 2. The molecule has 0 aromatic rings. The van der Waals surface area contributed by atoms with Crippen LogP contribution in [0.25, 0.3) is 0 Å². The largest absolute Gasteiger partial charge is 0.435 e. The van der Waals surface area contributed by atoms with Crippen LogP contribution in [0, 0.1) is 17.3 Å². The fourth-order valence-electron chi connectivity index (χ4n) is 6.11.